The second kappa shape index (κ2) is 13.5. The number of ether oxygens (including phenoxy) is 3. The quantitative estimate of drug-likeness (QED) is 0.240. The molecule has 1 aliphatic rings. The molecule has 8 heteroatoms. The van der Waals surface area contributed by atoms with Crippen LogP contribution in [0.3, 0.4) is 0 Å². The van der Waals surface area contributed by atoms with Crippen molar-refractivity contribution in [3.8, 4) is 17.2 Å². The summed E-state index contributed by atoms with van der Waals surface area (Å²) in [5, 5.41) is 13.9. The number of hydrogen-bond acceptors (Lipinski definition) is 6. The second-order valence-corrected chi connectivity index (χ2v) is 10.2. The highest BCUT2D eigenvalue weighted by Gasteiger charge is 2.44. The fraction of sp³-hybridized carbons (Fsp3) is 0.484. The van der Waals surface area contributed by atoms with E-state index in [1.165, 1.54) is 16.9 Å². The van der Waals surface area contributed by atoms with Gasteiger partial charge in [-0.2, -0.15) is 0 Å². The number of carbonyl (C=O) groups excluding carboxylic acids is 2. The molecular formula is C31H42N2O6. The van der Waals surface area contributed by atoms with Crippen LogP contribution in [0.4, 0.5) is 0 Å². The molecule has 2 aromatic carbocycles. The van der Waals surface area contributed by atoms with Crippen LogP contribution >= 0.6 is 0 Å². The first-order valence-corrected chi connectivity index (χ1v) is 13.8. The molecule has 1 saturated heterocycles. The van der Waals surface area contributed by atoms with Crippen LogP contribution in [0.2, 0.25) is 0 Å². The molecule has 1 fully saturated rings. The lowest BCUT2D eigenvalue weighted by molar-refractivity contribution is -0.895. The Labute approximate surface area is 232 Å². The van der Waals surface area contributed by atoms with Gasteiger partial charge in [-0.25, -0.2) is 0 Å². The van der Waals surface area contributed by atoms with Crippen molar-refractivity contribution in [1.82, 2.24) is 4.90 Å². The van der Waals surface area contributed by atoms with Gasteiger partial charge in [-0.05, 0) is 74.6 Å². The van der Waals surface area contributed by atoms with Crippen LogP contribution in [-0.4, -0.2) is 63.1 Å². The molecule has 1 unspecified atom stereocenters. The molecule has 1 aliphatic heterocycles. The number of ketones is 1. The number of methoxy groups -OCH3 is 1. The highest BCUT2D eigenvalue weighted by Crippen LogP contribution is 2.41. The van der Waals surface area contributed by atoms with Gasteiger partial charge in [0.2, 0.25) is 5.78 Å². The molecule has 3 rings (SSSR count). The van der Waals surface area contributed by atoms with Crippen LogP contribution in [0.15, 0.2) is 42.0 Å². The number of amides is 1. The van der Waals surface area contributed by atoms with Crippen molar-refractivity contribution in [1.29, 1.82) is 0 Å². The lowest BCUT2D eigenvalue weighted by atomic mass is 9.94. The van der Waals surface area contributed by atoms with Gasteiger partial charge < -0.3 is 29.1 Å². The van der Waals surface area contributed by atoms with Gasteiger partial charge in [-0.15, -0.1) is 0 Å². The number of likely N-dealkylation sites (tertiary alicyclic amines) is 1. The summed E-state index contributed by atoms with van der Waals surface area (Å²) in [5.41, 5.74) is 1.72. The second-order valence-electron chi connectivity index (χ2n) is 10.2. The lowest BCUT2D eigenvalue weighted by Gasteiger charge is -2.29. The van der Waals surface area contributed by atoms with E-state index in [4.69, 9.17) is 14.2 Å². The molecule has 8 nitrogen and oxygen atoms in total. The minimum Gasteiger partial charge on any atom is -0.872 e. The number of nitrogens with one attached hydrogen (secondary N) is 1. The Hall–Kier alpha value is -3.52. The molecular weight excluding hydrogens is 496 g/mol. The fourth-order valence-corrected chi connectivity index (χ4v) is 4.82. The van der Waals surface area contributed by atoms with E-state index in [0.29, 0.717) is 60.6 Å². The fourth-order valence-electron chi connectivity index (χ4n) is 4.82. The third-order valence-electron chi connectivity index (χ3n) is 7.05. The van der Waals surface area contributed by atoms with Gasteiger partial charge in [0, 0.05) is 5.57 Å². The maximum atomic E-state index is 13.9. The van der Waals surface area contributed by atoms with Crippen LogP contribution in [0, 0.1) is 12.8 Å². The van der Waals surface area contributed by atoms with E-state index in [1.807, 2.05) is 13.8 Å². The molecule has 1 atom stereocenters. The zero-order chi connectivity index (χ0) is 28.7. The minimum atomic E-state index is -0.825. The van der Waals surface area contributed by atoms with Crippen molar-refractivity contribution in [2.45, 2.75) is 47.6 Å². The van der Waals surface area contributed by atoms with Crippen LogP contribution in [0.5, 0.6) is 17.2 Å². The van der Waals surface area contributed by atoms with Crippen molar-refractivity contribution in [3.63, 3.8) is 0 Å². The highest BCUT2D eigenvalue weighted by molar-refractivity contribution is 6.46. The first kappa shape index (κ1) is 30.0. The smallest absolute Gasteiger partial charge is 0.295 e. The number of hydrogen-bond donors (Lipinski definition) is 1. The summed E-state index contributed by atoms with van der Waals surface area (Å²) in [6, 6.07) is 9.61. The Bertz CT molecular complexity index is 1200. The van der Waals surface area contributed by atoms with E-state index < -0.39 is 23.5 Å². The zero-order valence-corrected chi connectivity index (χ0v) is 24.3. The Morgan fingerprint density at radius 1 is 1.00 bits per heavy atom. The zero-order valence-electron chi connectivity index (χ0n) is 24.3. The van der Waals surface area contributed by atoms with Crippen molar-refractivity contribution < 1.29 is 33.8 Å². The Balaban J connectivity index is 2.12. The van der Waals surface area contributed by atoms with E-state index in [1.54, 1.807) is 36.4 Å². The lowest BCUT2D eigenvalue weighted by Crippen LogP contribution is -3.12. The van der Waals surface area contributed by atoms with Gasteiger partial charge in [0.15, 0.2) is 11.5 Å². The molecule has 2 aromatic rings. The van der Waals surface area contributed by atoms with Gasteiger partial charge in [0.05, 0.1) is 52.5 Å². The van der Waals surface area contributed by atoms with Gasteiger partial charge in [0.25, 0.3) is 5.91 Å². The van der Waals surface area contributed by atoms with Crippen molar-refractivity contribution in [3.05, 3.63) is 58.7 Å². The summed E-state index contributed by atoms with van der Waals surface area (Å²) < 4.78 is 17.1. The normalized spacial score (nSPS) is 16.8. The van der Waals surface area contributed by atoms with Crippen molar-refractivity contribution in [2.24, 2.45) is 5.92 Å². The Morgan fingerprint density at radius 3 is 2.28 bits per heavy atom. The number of quaternary nitrogens is 1. The van der Waals surface area contributed by atoms with Crippen LogP contribution in [0.25, 0.3) is 5.76 Å². The number of benzene rings is 2. The molecule has 0 radical (unpaired) electrons. The van der Waals surface area contributed by atoms with E-state index in [9.17, 15) is 14.7 Å². The topological polar surface area (TPSA) is 92.6 Å². The maximum absolute atomic E-state index is 13.9. The average molecular weight is 539 g/mol. The van der Waals surface area contributed by atoms with E-state index in [0.717, 1.165) is 18.7 Å². The van der Waals surface area contributed by atoms with Gasteiger partial charge in [0.1, 0.15) is 5.75 Å². The van der Waals surface area contributed by atoms with E-state index >= 15 is 0 Å². The Kier molecular flexibility index (Phi) is 10.4. The third-order valence-corrected chi connectivity index (χ3v) is 7.05. The number of Topliss-reactive ketones (excluding diaryl/α,β-unsaturated/α-hetero) is 1. The van der Waals surface area contributed by atoms with E-state index in [-0.39, 0.29) is 5.57 Å². The van der Waals surface area contributed by atoms with Crippen molar-refractivity contribution >= 4 is 17.4 Å². The van der Waals surface area contributed by atoms with Crippen LogP contribution in [0.1, 0.15) is 57.4 Å². The molecule has 1 heterocycles. The summed E-state index contributed by atoms with van der Waals surface area (Å²) in [4.78, 5) is 29.6. The average Bonchev–Trinajstić information content (AvgIpc) is 3.17. The Morgan fingerprint density at radius 2 is 1.69 bits per heavy atom. The van der Waals surface area contributed by atoms with Crippen LogP contribution < -0.4 is 24.2 Å². The van der Waals surface area contributed by atoms with Crippen molar-refractivity contribution in [2.75, 3.05) is 46.5 Å². The first-order chi connectivity index (χ1) is 18.7. The molecule has 0 spiro atoms. The van der Waals surface area contributed by atoms with Gasteiger partial charge in [-0.3, -0.25) is 9.59 Å². The molecule has 1 N–H and O–H groups in total. The largest absolute Gasteiger partial charge is 0.872 e. The number of likely N-dealkylation sites (N-methyl/N-ethyl adjacent to an activating group) is 1. The first-order valence-electron chi connectivity index (χ1n) is 13.8. The molecule has 0 aromatic heterocycles. The van der Waals surface area contributed by atoms with Crippen LogP contribution in [-0.2, 0) is 9.59 Å². The number of carbonyl (C=O) groups is 2. The predicted octanol–water partition coefficient (Wildman–Crippen LogP) is 2.59. The molecule has 0 saturated carbocycles. The summed E-state index contributed by atoms with van der Waals surface area (Å²) >= 11 is 0. The van der Waals surface area contributed by atoms with Gasteiger partial charge in [-0.1, -0.05) is 31.7 Å². The summed E-state index contributed by atoms with van der Waals surface area (Å²) in [7, 11) is 1.54. The molecule has 39 heavy (non-hydrogen) atoms. The monoisotopic (exact) mass is 538 g/mol. The maximum Gasteiger partial charge on any atom is 0.295 e. The molecule has 1 amide bonds. The highest BCUT2D eigenvalue weighted by atomic mass is 16.5. The number of aryl methyl sites for hydroxylation is 1. The molecule has 0 aliphatic carbocycles. The molecule has 212 valence electrons. The SMILES string of the molecule is CCOc1ccc(C2C(=C([O-])c3ccc(OCC(C)C)c(C)c3)C(=O)C(=O)N2CC[NH+](CC)CC)cc1OC. The minimum absolute atomic E-state index is 0.0454. The summed E-state index contributed by atoms with van der Waals surface area (Å²) in [6.07, 6.45) is 0. The number of nitrogens with zero attached hydrogens (tertiary/aromatic N) is 1. The van der Waals surface area contributed by atoms with E-state index in [2.05, 4.69) is 27.7 Å². The molecule has 0 bridgehead atoms. The standard InChI is InChI=1S/C31H42N2O6/c1-8-32(9-2)15-16-33-28(22-11-14-25(38-10-3)26(18-22)37-7)27(30(35)31(33)36)29(34)23-12-13-24(21(6)17-23)39-19-20(4)5/h11-14,17-18,20,28,34H,8-10,15-16,19H2,1-7H3. The number of rotatable bonds is 13. The summed E-state index contributed by atoms with van der Waals surface area (Å²) in [6.45, 7) is 15.9. The summed E-state index contributed by atoms with van der Waals surface area (Å²) in [5.74, 6) is 0.211. The predicted molar refractivity (Wildman–Crippen MR) is 149 cm³/mol. The third kappa shape index (κ3) is 6.74. The van der Waals surface area contributed by atoms with Gasteiger partial charge >= 0.3 is 0 Å².